The first-order chi connectivity index (χ1) is 12.7. The van der Waals surface area contributed by atoms with Crippen molar-refractivity contribution in [1.82, 2.24) is 15.0 Å². The molecule has 0 radical (unpaired) electrons. The van der Waals surface area contributed by atoms with Crippen LogP contribution in [-0.2, 0) is 12.0 Å². The number of rotatable bonds is 5. The lowest BCUT2D eigenvalue weighted by Crippen LogP contribution is -2.41. The molecule has 2 fully saturated rings. The van der Waals surface area contributed by atoms with Gasteiger partial charge in [-0.2, -0.15) is 4.98 Å². The minimum atomic E-state index is -0.103. The molecular weight excluding hydrogens is 326 g/mol. The number of hydrogen-bond donors (Lipinski definition) is 1. The minimum absolute atomic E-state index is 0.103. The van der Waals surface area contributed by atoms with Gasteiger partial charge in [-0.05, 0) is 44.7 Å². The van der Waals surface area contributed by atoms with Crippen LogP contribution in [0.1, 0.15) is 67.8 Å². The molecule has 2 aromatic rings. The molecule has 1 saturated heterocycles. The Morgan fingerprint density at radius 3 is 2.65 bits per heavy atom. The second kappa shape index (κ2) is 7.49. The van der Waals surface area contributed by atoms with Crippen LogP contribution in [0, 0.1) is 6.92 Å². The molecule has 5 heteroatoms. The van der Waals surface area contributed by atoms with Gasteiger partial charge in [0.15, 0.2) is 5.82 Å². The molecule has 5 nitrogen and oxygen atoms in total. The van der Waals surface area contributed by atoms with E-state index in [1.807, 2.05) is 0 Å². The number of aliphatic hydroxyl groups excluding tert-OH is 1. The fourth-order valence-corrected chi connectivity index (χ4v) is 4.65. The Morgan fingerprint density at radius 2 is 1.92 bits per heavy atom. The molecule has 1 aromatic carbocycles. The first-order valence-corrected chi connectivity index (χ1v) is 9.96. The lowest BCUT2D eigenvalue weighted by Gasteiger charge is -2.33. The van der Waals surface area contributed by atoms with Gasteiger partial charge in [0.25, 0.3) is 0 Å². The third kappa shape index (κ3) is 3.30. The zero-order valence-electron chi connectivity index (χ0n) is 15.7. The monoisotopic (exact) mass is 355 g/mol. The number of aromatic nitrogens is 2. The normalized spacial score (nSPS) is 23.4. The fourth-order valence-electron chi connectivity index (χ4n) is 4.65. The Balaban J connectivity index is 1.58. The third-order valence-electron chi connectivity index (χ3n) is 6.26. The van der Waals surface area contributed by atoms with Crippen LogP contribution < -0.4 is 0 Å². The summed E-state index contributed by atoms with van der Waals surface area (Å²) in [5.41, 5.74) is 2.48. The van der Waals surface area contributed by atoms with Crippen molar-refractivity contribution in [2.45, 2.75) is 69.9 Å². The number of aliphatic hydroxyl groups is 1. The summed E-state index contributed by atoms with van der Waals surface area (Å²) in [5.74, 6) is 1.52. The number of aryl methyl sites for hydroxylation is 1. The minimum Gasteiger partial charge on any atom is -0.395 e. The van der Waals surface area contributed by atoms with E-state index in [9.17, 15) is 5.11 Å². The van der Waals surface area contributed by atoms with Crippen molar-refractivity contribution < 1.29 is 9.63 Å². The van der Waals surface area contributed by atoms with Crippen molar-refractivity contribution in [2.75, 3.05) is 13.2 Å². The molecular formula is C21H29N3O2. The molecule has 0 unspecified atom stereocenters. The molecule has 1 aromatic heterocycles. The first-order valence-electron chi connectivity index (χ1n) is 9.96. The van der Waals surface area contributed by atoms with Gasteiger partial charge >= 0.3 is 0 Å². The molecule has 140 valence electrons. The Hall–Kier alpha value is -1.72. The van der Waals surface area contributed by atoms with Gasteiger partial charge in [0.05, 0.1) is 18.6 Å². The van der Waals surface area contributed by atoms with Crippen molar-refractivity contribution in [3.63, 3.8) is 0 Å². The molecule has 1 atom stereocenters. The van der Waals surface area contributed by atoms with E-state index < -0.39 is 0 Å². The summed E-state index contributed by atoms with van der Waals surface area (Å²) in [7, 11) is 0. The quantitative estimate of drug-likeness (QED) is 0.888. The number of piperidine rings is 1. The van der Waals surface area contributed by atoms with E-state index in [0.29, 0.717) is 12.4 Å². The third-order valence-corrected chi connectivity index (χ3v) is 6.26. The maximum absolute atomic E-state index is 9.62. The van der Waals surface area contributed by atoms with Crippen LogP contribution in [0.4, 0.5) is 0 Å². The van der Waals surface area contributed by atoms with Crippen LogP contribution in [0.5, 0.6) is 0 Å². The molecule has 2 aliphatic rings. The van der Waals surface area contributed by atoms with Crippen LogP contribution in [0.3, 0.4) is 0 Å². The fraction of sp³-hybridized carbons (Fsp3) is 0.619. The Kier molecular flexibility index (Phi) is 5.09. The van der Waals surface area contributed by atoms with Crippen molar-refractivity contribution in [3.05, 3.63) is 47.1 Å². The zero-order valence-corrected chi connectivity index (χ0v) is 15.7. The van der Waals surface area contributed by atoms with Gasteiger partial charge in [-0.3, -0.25) is 4.90 Å². The first kappa shape index (κ1) is 17.7. The van der Waals surface area contributed by atoms with Gasteiger partial charge in [0.2, 0.25) is 5.89 Å². The van der Waals surface area contributed by atoms with E-state index in [2.05, 4.69) is 41.2 Å². The maximum atomic E-state index is 9.62. The predicted octanol–water partition coefficient (Wildman–Crippen LogP) is 3.58. The lowest BCUT2D eigenvalue weighted by atomic mass is 9.78. The molecule has 0 bridgehead atoms. The van der Waals surface area contributed by atoms with Gasteiger partial charge < -0.3 is 9.63 Å². The smallest absolute Gasteiger partial charge is 0.240 e. The highest BCUT2D eigenvalue weighted by molar-refractivity contribution is 5.35. The highest BCUT2D eigenvalue weighted by atomic mass is 16.5. The summed E-state index contributed by atoms with van der Waals surface area (Å²) in [6.45, 7) is 3.95. The molecule has 26 heavy (non-hydrogen) atoms. The maximum Gasteiger partial charge on any atom is 0.240 e. The molecule has 2 heterocycles. The van der Waals surface area contributed by atoms with Crippen LogP contribution in [0.2, 0.25) is 0 Å². The predicted molar refractivity (Wildman–Crippen MR) is 99.9 cm³/mol. The van der Waals surface area contributed by atoms with E-state index in [1.54, 1.807) is 0 Å². The van der Waals surface area contributed by atoms with E-state index in [-0.39, 0.29) is 18.1 Å². The number of nitrogens with zero attached hydrogens (tertiary/aromatic N) is 3. The van der Waals surface area contributed by atoms with E-state index >= 15 is 0 Å². The highest BCUT2D eigenvalue weighted by Gasteiger charge is 2.41. The Bertz CT molecular complexity index is 719. The Morgan fingerprint density at radius 1 is 1.15 bits per heavy atom. The van der Waals surface area contributed by atoms with E-state index in [0.717, 1.165) is 31.6 Å². The zero-order chi connectivity index (χ0) is 18.0. The second-order valence-corrected chi connectivity index (χ2v) is 7.97. The molecule has 0 amide bonds. The highest BCUT2D eigenvalue weighted by Crippen LogP contribution is 2.45. The average Bonchev–Trinajstić information content (AvgIpc) is 3.33. The summed E-state index contributed by atoms with van der Waals surface area (Å²) in [5, 5.41) is 14.0. The van der Waals surface area contributed by atoms with Gasteiger partial charge in [-0.1, -0.05) is 54.2 Å². The van der Waals surface area contributed by atoms with Gasteiger partial charge in [-0.15, -0.1) is 0 Å². The second-order valence-electron chi connectivity index (χ2n) is 7.97. The molecule has 1 N–H and O–H groups in total. The van der Waals surface area contributed by atoms with Crippen LogP contribution in [0.15, 0.2) is 28.8 Å². The molecule has 0 spiro atoms. The van der Waals surface area contributed by atoms with Crippen molar-refractivity contribution in [1.29, 1.82) is 0 Å². The summed E-state index contributed by atoms with van der Waals surface area (Å²) in [4.78, 5) is 7.11. The summed E-state index contributed by atoms with van der Waals surface area (Å²) < 4.78 is 5.66. The van der Waals surface area contributed by atoms with Crippen LogP contribution in [-0.4, -0.2) is 39.3 Å². The SMILES string of the molecule is Cc1ccc(C2(c3noc(CN4CCCC[C@H]4CO)n3)CCCC2)cc1. The van der Waals surface area contributed by atoms with Gasteiger partial charge in [-0.25, -0.2) is 0 Å². The lowest BCUT2D eigenvalue weighted by molar-refractivity contribution is 0.0749. The molecule has 1 aliphatic carbocycles. The van der Waals surface area contributed by atoms with Gasteiger partial charge in [0, 0.05) is 6.04 Å². The Labute approximate surface area is 155 Å². The number of likely N-dealkylation sites (tertiary alicyclic amines) is 1. The molecule has 4 rings (SSSR count). The number of benzene rings is 1. The standard InChI is InChI=1S/C21H29N3O2/c1-16-7-9-17(10-8-16)21(11-3-4-12-21)20-22-19(26-23-20)14-24-13-5-2-6-18(24)15-25/h7-10,18,25H,2-6,11-15H2,1H3/t18-/m0/s1. The molecule has 1 aliphatic heterocycles. The van der Waals surface area contributed by atoms with E-state index in [1.165, 1.54) is 36.8 Å². The topological polar surface area (TPSA) is 62.4 Å². The summed E-state index contributed by atoms with van der Waals surface area (Å²) >= 11 is 0. The van der Waals surface area contributed by atoms with Crippen molar-refractivity contribution in [2.24, 2.45) is 0 Å². The van der Waals surface area contributed by atoms with Gasteiger partial charge in [0.1, 0.15) is 0 Å². The largest absolute Gasteiger partial charge is 0.395 e. The van der Waals surface area contributed by atoms with Crippen LogP contribution >= 0.6 is 0 Å². The summed E-state index contributed by atoms with van der Waals surface area (Å²) in [6.07, 6.45) is 7.98. The van der Waals surface area contributed by atoms with E-state index in [4.69, 9.17) is 9.51 Å². The van der Waals surface area contributed by atoms with Crippen molar-refractivity contribution >= 4 is 0 Å². The van der Waals surface area contributed by atoms with Crippen molar-refractivity contribution in [3.8, 4) is 0 Å². The number of hydrogen-bond acceptors (Lipinski definition) is 5. The average molecular weight is 355 g/mol. The summed E-state index contributed by atoms with van der Waals surface area (Å²) in [6, 6.07) is 9.02. The van der Waals surface area contributed by atoms with Crippen LogP contribution in [0.25, 0.3) is 0 Å². The molecule has 1 saturated carbocycles.